The van der Waals surface area contributed by atoms with E-state index < -0.39 is 18.0 Å². The Morgan fingerprint density at radius 2 is 2.04 bits per heavy atom. The lowest BCUT2D eigenvalue weighted by Gasteiger charge is -2.30. The monoisotopic (exact) mass is 368 g/mol. The summed E-state index contributed by atoms with van der Waals surface area (Å²) in [5.41, 5.74) is 3.87. The molecule has 144 valence electrons. The van der Waals surface area contributed by atoms with Crippen LogP contribution in [-0.2, 0) is 11.2 Å². The van der Waals surface area contributed by atoms with Gasteiger partial charge in [-0.1, -0.05) is 45.0 Å². The normalized spacial score (nSPS) is 24.0. The Bertz CT molecular complexity index is 832. The first kappa shape index (κ1) is 19.2. The first-order valence-electron chi connectivity index (χ1n) is 9.26. The number of rotatable bonds is 3. The van der Waals surface area contributed by atoms with E-state index in [4.69, 9.17) is 0 Å². The lowest BCUT2D eigenvalue weighted by molar-refractivity contribution is -0.124. The van der Waals surface area contributed by atoms with Gasteiger partial charge in [0, 0.05) is 37.7 Å². The maximum Gasteiger partial charge on any atom is 0.414 e. The average Bonchev–Trinajstić information content (AvgIpc) is 3.03. The molecule has 0 saturated carbocycles. The molecule has 1 N–H and O–H groups in total. The van der Waals surface area contributed by atoms with Crippen molar-refractivity contribution in [3.05, 3.63) is 59.3 Å². The van der Waals surface area contributed by atoms with Gasteiger partial charge in [0.25, 0.3) is 5.91 Å². The van der Waals surface area contributed by atoms with E-state index in [0.717, 1.165) is 16.0 Å². The van der Waals surface area contributed by atoms with Gasteiger partial charge in [0.2, 0.25) is 0 Å². The molecule has 1 aromatic carbocycles. The third-order valence-corrected chi connectivity index (χ3v) is 5.62. The molecule has 0 aromatic heterocycles. The van der Waals surface area contributed by atoms with Crippen molar-refractivity contribution in [2.45, 2.75) is 39.2 Å². The quantitative estimate of drug-likeness (QED) is 0.642. The summed E-state index contributed by atoms with van der Waals surface area (Å²) in [7, 11) is 3.69. The summed E-state index contributed by atoms with van der Waals surface area (Å²) in [6.07, 6.45) is 3.22. The number of hydrogen-bond acceptors (Lipinski definition) is 3. The number of fused-ring (bicyclic) bond motifs is 3. The summed E-state index contributed by atoms with van der Waals surface area (Å²) in [5, 5.41) is 9.71. The second kappa shape index (κ2) is 6.55. The molecule has 1 aliphatic carbocycles. The fourth-order valence-electron chi connectivity index (χ4n) is 4.58. The number of allylic oxidation sites excluding steroid dienone is 1. The molecular weight excluding hydrogens is 340 g/mol. The van der Waals surface area contributed by atoms with Crippen LogP contribution >= 0.6 is 0 Å². The third kappa shape index (κ3) is 3.05. The Morgan fingerprint density at radius 3 is 2.56 bits per heavy atom. The van der Waals surface area contributed by atoms with Crippen molar-refractivity contribution in [3.63, 3.8) is 0 Å². The zero-order valence-corrected chi connectivity index (χ0v) is 16.7. The molecule has 0 spiro atoms. The van der Waals surface area contributed by atoms with Gasteiger partial charge in [-0.3, -0.25) is 4.79 Å². The molecule has 27 heavy (non-hydrogen) atoms. The number of hydrogen-bond donors (Lipinski definition) is 1. The molecule has 0 bridgehead atoms. The molecule has 2 amide bonds. The van der Waals surface area contributed by atoms with E-state index in [1.807, 2.05) is 32.3 Å². The SMILES string of the molecule is C=CC(c1cccc2c1CC1C(=CN(C)C)C(=O)N(C(=O)O)C21)C(C)(C)C. The highest BCUT2D eigenvalue weighted by Gasteiger charge is 2.52. The number of nitrogens with zero attached hydrogens (tertiary/aromatic N) is 2. The number of benzene rings is 1. The molecule has 0 radical (unpaired) electrons. The predicted octanol–water partition coefficient (Wildman–Crippen LogP) is 4.18. The van der Waals surface area contributed by atoms with Gasteiger partial charge in [-0.05, 0) is 28.5 Å². The van der Waals surface area contributed by atoms with Crippen LogP contribution in [0.25, 0.3) is 0 Å². The first-order chi connectivity index (χ1) is 12.6. The molecule has 1 saturated heterocycles. The van der Waals surface area contributed by atoms with E-state index in [1.165, 1.54) is 5.56 Å². The molecular formula is C22H28N2O3. The highest BCUT2D eigenvalue weighted by molar-refractivity contribution is 6.05. The van der Waals surface area contributed by atoms with Crippen LogP contribution in [0, 0.1) is 11.3 Å². The minimum Gasteiger partial charge on any atom is -0.465 e. The number of likely N-dealkylation sites (tertiary alicyclic amines) is 1. The van der Waals surface area contributed by atoms with Crippen LogP contribution in [-0.4, -0.2) is 41.0 Å². The van der Waals surface area contributed by atoms with Crippen LogP contribution in [0.2, 0.25) is 0 Å². The molecule has 3 rings (SSSR count). The molecule has 5 nitrogen and oxygen atoms in total. The number of imide groups is 1. The summed E-state index contributed by atoms with van der Waals surface area (Å²) in [6, 6.07) is 5.60. The minimum absolute atomic E-state index is 0.000810. The molecule has 1 fully saturated rings. The Hall–Kier alpha value is -2.56. The van der Waals surface area contributed by atoms with Gasteiger partial charge < -0.3 is 10.0 Å². The van der Waals surface area contributed by atoms with Crippen LogP contribution in [0.15, 0.2) is 42.6 Å². The molecule has 2 aliphatic rings. The van der Waals surface area contributed by atoms with Crippen LogP contribution in [0.5, 0.6) is 0 Å². The third-order valence-electron chi connectivity index (χ3n) is 5.62. The van der Waals surface area contributed by atoms with Crippen molar-refractivity contribution in [1.29, 1.82) is 0 Å². The zero-order chi connectivity index (χ0) is 20.1. The minimum atomic E-state index is -1.19. The van der Waals surface area contributed by atoms with E-state index >= 15 is 0 Å². The number of amides is 2. The summed E-state index contributed by atoms with van der Waals surface area (Å²) in [4.78, 5) is 27.5. The summed E-state index contributed by atoms with van der Waals surface area (Å²) < 4.78 is 0. The predicted molar refractivity (Wildman–Crippen MR) is 105 cm³/mol. The fraction of sp³-hybridized carbons (Fsp3) is 0.455. The largest absolute Gasteiger partial charge is 0.465 e. The topological polar surface area (TPSA) is 60.9 Å². The Labute approximate surface area is 161 Å². The van der Waals surface area contributed by atoms with E-state index in [0.29, 0.717) is 12.0 Å². The van der Waals surface area contributed by atoms with Gasteiger partial charge in [0.15, 0.2) is 0 Å². The average molecular weight is 368 g/mol. The summed E-state index contributed by atoms with van der Waals surface area (Å²) >= 11 is 0. The second-order valence-corrected chi connectivity index (χ2v) is 8.76. The smallest absolute Gasteiger partial charge is 0.414 e. The van der Waals surface area contributed by atoms with Crippen molar-refractivity contribution in [3.8, 4) is 0 Å². The highest BCUT2D eigenvalue weighted by atomic mass is 16.4. The number of carbonyl (C=O) groups excluding carboxylic acids is 1. The highest BCUT2D eigenvalue weighted by Crippen LogP contribution is 2.52. The van der Waals surface area contributed by atoms with Gasteiger partial charge in [-0.15, -0.1) is 6.58 Å². The Kier molecular flexibility index (Phi) is 4.66. The van der Waals surface area contributed by atoms with Crippen molar-refractivity contribution < 1.29 is 14.7 Å². The van der Waals surface area contributed by atoms with Crippen LogP contribution < -0.4 is 0 Å². The summed E-state index contributed by atoms with van der Waals surface area (Å²) in [5.74, 6) is -0.391. The zero-order valence-electron chi connectivity index (χ0n) is 16.7. The first-order valence-corrected chi connectivity index (χ1v) is 9.26. The molecule has 1 heterocycles. The Balaban J connectivity index is 2.16. The summed E-state index contributed by atoms with van der Waals surface area (Å²) in [6.45, 7) is 10.6. The molecule has 1 aromatic rings. The van der Waals surface area contributed by atoms with Gasteiger partial charge in [-0.25, -0.2) is 9.69 Å². The molecule has 1 aliphatic heterocycles. The van der Waals surface area contributed by atoms with Crippen molar-refractivity contribution >= 4 is 12.0 Å². The van der Waals surface area contributed by atoms with Crippen molar-refractivity contribution in [2.75, 3.05) is 14.1 Å². The van der Waals surface area contributed by atoms with Gasteiger partial charge >= 0.3 is 6.09 Å². The van der Waals surface area contributed by atoms with Gasteiger partial charge in [-0.2, -0.15) is 0 Å². The Morgan fingerprint density at radius 1 is 1.37 bits per heavy atom. The lowest BCUT2D eigenvalue weighted by atomic mass is 9.74. The van der Waals surface area contributed by atoms with Crippen LogP contribution in [0.4, 0.5) is 4.79 Å². The van der Waals surface area contributed by atoms with Crippen LogP contribution in [0.1, 0.15) is 49.4 Å². The van der Waals surface area contributed by atoms with E-state index in [9.17, 15) is 14.7 Å². The van der Waals surface area contributed by atoms with E-state index in [2.05, 4.69) is 33.4 Å². The maximum absolute atomic E-state index is 12.8. The van der Waals surface area contributed by atoms with Crippen molar-refractivity contribution in [1.82, 2.24) is 9.80 Å². The maximum atomic E-state index is 12.8. The molecule has 3 unspecified atom stereocenters. The lowest BCUT2D eigenvalue weighted by Crippen LogP contribution is -2.33. The number of carboxylic acid groups (broad SMARTS) is 1. The standard InChI is InChI=1S/C22H28N2O3/c1-7-18(22(2,3)4)13-9-8-10-14-15(13)11-16-17(12-23(5)6)20(25)24(19(14)16)21(26)27/h7-10,12,16,18-19H,1,11H2,2-6H3,(H,26,27). The van der Waals surface area contributed by atoms with Crippen LogP contribution in [0.3, 0.4) is 0 Å². The molecule has 5 heteroatoms. The van der Waals surface area contributed by atoms with Gasteiger partial charge in [0.05, 0.1) is 6.04 Å². The van der Waals surface area contributed by atoms with Crippen molar-refractivity contribution in [2.24, 2.45) is 11.3 Å². The molecule has 3 atom stereocenters. The number of carbonyl (C=O) groups is 2. The second-order valence-electron chi connectivity index (χ2n) is 8.76. The van der Waals surface area contributed by atoms with E-state index in [1.54, 1.807) is 11.1 Å². The van der Waals surface area contributed by atoms with Gasteiger partial charge in [0.1, 0.15) is 0 Å². The fourth-order valence-corrected chi connectivity index (χ4v) is 4.58. The van der Waals surface area contributed by atoms with E-state index in [-0.39, 0.29) is 17.3 Å².